The molecule has 1 fully saturated rings. The predicted molar refractivity (Wildman–Crippen MR) is 102 cm³/mol. The summed E-state index contributed by atoms with van der Waals surface area (Å²) in [6, 6.07) is 11.6. The zero-order valence-electron chi connectivity index (χ0n) is 15.4. The monoisotopic (exact) mass is 351 g/mol. The highest BCUT2D eigenvalue weighted by Crippen LogP contribution is 2.24. The number of pyridine rings is 1. The summed E-state index contributed by atoms with van der Waals surface area (Å²) in [5.74, 6) is 0.120. The van der Waals surface area contributed by atoms with Crippen molar-refractivity contribution in [1.82, 2.24) is 9.88 Å². The van der Waals surface area contributed by atoms with Crippen LogP contribution in [0, 0.1) is 12.8 Å². The Kier molecular flexibility index (Phi) is 5.66. The molecule has 26 heavy (non-hydrogen) atoms. The summed E-state index contributed by atoms with van der Waals surface area (Å²) in [6.45, 7) is 5.90. The van der Waals surface area contributed by atoms with E-state index in [9.17, 15) is 9.59 Å². The molecule has 0 N–H and O–H groups in total. The van der Waals surface area contributed by atoms with E-state index in [4.69, 9.17) is 0 Å². The maximum Gasteiger partial charge on any atom is 0.255 e. The van der Waals surface area contributed by atoms with Gasteiger partial charge in [0, 0.05) is 43.6 Å². The van der Waals surface area contributed by atoms with Gasteiger partial charge in [0.15, 0.2) is 0 Å². The van der Waals surface area contributed by atoms with Crippen LogP contribution in [-0.2, 0) is 4.79 Å². The average Bonchev–Trinajstić information content (AvgIpc) is 2.69. The summed E-state index contributed by atoms with van der Waals surface area (Å²) in [5.41, 5.74) is 2.70. The van der Waals surface area contributed by atoms with Crippen molar-refractivity contribution in [2.45, 2.75) is 26.7 Å². The molecular weight excluding hydrogens is 326 g/mol. The standard InChI is InChI=1S/C21H25N3O2/c1-3-24(19-8-4-6-16(2)14-19)21(26)17-9-12-23(13-10-17)20(25)18-7-5-11-22-15-18/h4-8,11,14-15,17H,3,9-10,12-13H2,1-2H3. The summed E-state index contributed by atoms with van der Waals surface area (Å²) in [7, 11) is 0. The van der Waals surface area contributed by atoms with Crippen molar-refractivity contribution in [3.63, 3.8) is 0 Å². The van der Waals surface area contributed by atoms with Crippen LogP contribution in [0.1, 0.15) is 35.7 Å². The lowest BCUT2D eigenvalue weighted by molar-refractivity contribution is -0.123. The molecule has 0 bridgehead atoms. The van der Waals surface area contributed by atoms with Crippen molar-refractivity contribution >= 4 is 17.5 Å². The van der Waals surface area contributed by atoms with E-state index in [1.165, 1.54) is 0 Å². The topological polar surface area (TPSA) is 53.5 Å². The Morgan fingerprint density at radius 1 is 1.19 bits per heavy atom. The van der Waals surface area contributed by atoms with Crippen LogP contribution in [0.15, 0.2) is 48.8 Å². The average molecular weight is 351 g/mol. The van der Waals surface area contributed by atoms with Crippen molar-refractivity contribution in [2.24, 2.45) is 5.92 Å². The van der Waals surface area contributed by atoms with Gasteiger partial charge in [-0.1, -0.05) is 12.1 Å². The summed E-state index contributed by atoms with van der Waals surface area (Å²) in [6.07, 6.45) is 4.66. The number of carbonyl (C=O) groups excluding carboxylic acids is 2. The number of piperidine rings is 1. The Hall–Kier alpha value is -2.69. The van der Waals surface area contributed by atoms with E-state index < -0.39 is 0 Å². The molecule has 0 radical (unpaired) electrons. The maximum atomic E-state index is 13.0. The molecule has 2 amide bonds. The SMILES string of the molecule is CCN(C(=O)C1CCN(C(=O)c2cccnc2)CC1)c1cccc(C)c1. The Bertz CT molecular complexity index is 768. The maximum absolute atomic E-state index is 13.0. The van der Waals surface area contributed by atoms with Crippen LogP contribution in [0.2, 0.25) is 0 Å². The minimum atomic E-state index is -0.0339. The third kappa shape index (κ3) is 3.93. The number of amides is 2. The molecular formula is C21H25N3O2. The van der Waals surface area contributed by atoms with Crippen LogP contribution < -0.4 is 4.90 Å². The van der Waals surface area contributed by atoms with Gasteiger partial charge in [-0.05, 0) is 56.5 Å². The summed E-state index contributed by atoms with van der Waals surface area (Å²) < 4.78 is 0. The molecule has 5 nitrogen and oxygen atoms in total. The first-order chi connectivity index (χ1) is 12.6. The first kappa shape index (κ1) is 18.1. The quantitative estimate of drug-likeness (QED) is 0.849. The van der Waals surface area contributed by atoms with Gasteiger partial charge in [-0.25, -0.2) is 0 Å². The van der Waals surface area contributed by atoms with Crippen molar-refractivity contribution in [1.29, 1.82) is 0 Å². The molecule has 2 heterocycles. The zero-order chi connectivity index (χ0) is 18.5. The number of likely N-dealkylation sites (tertiary alicyclic amines) is 1. The summed E-state index contributed by atoms with van der Waals surface area (Å²) in [5, 5.41) is 0. The molecule has 1 aromatic heterocycles. The largest absolute Gasteiger partial charge is 0.339 e. The Morgan fingerprint density at radius 2 is 1.96 bits per heavy atom. The first-order valence-electron chi connectivity index (χ1n) is 9.17. The van der Waals surface area contributed by atoms with E-state index in [0.717, 1.165) is 11.3 Å². The van der Waals surface area contributed by atoms with Gasteiger partial charge >= 0.3 is 0 Å². The number of aromatic nitrogens is 1. The molecule has 0 unspecified atom stereocenters. The van der Waals surface area contributed by atoms with E-state index in [1.807, 2.05) is 47.9 Å². The number of aryl methyl sites for hydroxylation is 1. The molecule has 1 aromatic carbocycles. The van der Waals surface area contributed by atoms with E-state index in [1.54, 1.807) is 24.5 Å². The molecule has 5 heteroatoms. The van der Waals surface area contributed by atoms with E-state index in [2.05, 4.69) is 4.98 Å². The lowest BCUT2D eigenvalue weighted by atomic mass is 9.94. The highest BCUT2D eigenvalue weighted by Gasteiger charge is 2.30. The van der Waals surface area contributed by atoms with Crippen LogP contribution in [0.5, 0.6) is 0 Å². The second-order valence-electron chi connectivity index (χ2n) is 6.73. The van der Waals surface area contributed by atoms with Crippen LogP contribution in [0.4, 0.5) is 5.69 Å². The lowest BCUT2D eigenvalue weighted by Gasteiger charge is -2.34. The van der Waals surface area contributed by atoms with Gasteiger partial charge in [0.05, 0.1) is 5.56 Å². The third-order valence-electron chi connectivity index (χ3n) is 4.94. The molecule has 2 aromatic rings. The summed E-state index contributed by atoms with van der Waals surface area (Å²) >= 11 is 0. The number of anilines is 1. The van der Waals surface area contributed by atoms with Gasteiger partial charge < -0.3 is 9.80 Å². The Labute approximate surface area is 154 Å². The number of benzene rings is 1. The fourth-order valence-corrected chi connectivity index (χ4v) is 3.48. The van der Waals surface area contributed by atoms with Gasteiger partial charge in [-0.3, -0.25) is 14.6 Å². The second kappa shape index (κ2) is 8.13. The van der Waals surface area contributed by atoms with E-state index >= 15 is 0 Å². The number of rotatable bonds is 4. The molecule has 1 aliphatic rings. The van der Waals surface area contributed by atoms with Crippen LogP contribution in [-0.4, -0.2) is 41.3 Å². The van der Waals surface area contributed by atoms with Gasteiger partial charge in [0.2, 0.25) is 5.91 Å². The zero-order valence-corrected chi connectivity index (χ0v) is 15.4. The number of hydrogen-bond acceptors (Lipinski definition) is 3. The van der Waals surface area contributed by atoms with Gasteiger partial charge in [-0.2, -0.15) is 0 Å². The predicted octanol–water partition coefficient (Wildman–Crippen LogP) is 3.30. The highest BCUT2D eigenvalue weighted by atomic mass is 16.2. The van der Waals surface area contributed by atoms with Gasteiger partial charge in [0.1, 0.15) is 0 Å². The molecule has 0 atom stereocenters. The van der Waals surface area contributed by atoms with Gasteiger partial charge in [-0.15, -0.1) is 0 Å². The second-order valence-corrected chi connectivity index (χ2v) is 6.73. The molecule has 0 saturated carbocycles. The van der Waals surface area contributed by atoms with E-state index in [-0.39, 0.29) is 17.7 Å². The number of carbonyl (C=O) groups is 2. The fraction of sp³-hybridized carbons (Fsp3) is 0.381. The minimum Gasteiger partial charge on any atom is -0.339 e. The fourth-order valence-electron chi connectivity index (χ4n) is 3.48. The molecule has 1 aliphatic heterocycles. The molecule has 3 rings (SSSR count). The Balaban J connectivity index is 1.63. The van der Waals surface area contributed by atoms with E-state index in [0.29, 0.717) is 38.0 Å². The number of hydrogen-bond donors (Lipinski definition) is 0. The Morgan fingerprint density at radius 3 is 2.58 bits per heavy atom. The van der Waals surface area contributed by atoms with Gasteiger partial charge in [0.25, 0.3) is 5.91 Å². The van der Waals surface area contributed by atoms with Crippen LogP contribution in [0.25, 0.3) is 0 Å². The smallest absolute Gasteiger partial charge is 0.255 e. The molecule has 0 aliphatic carbocycles. The van der Waals surface area contributed by atoms with Crippen molar-refractivity contribution in [3.8, 4) is 0 Å². The number of nitrogens with zero attached hydrogens (tertiary/aromatic N) is 3. The highest BCUT2D eigenvalue weighted by molar-refractivity contribution is 5.96. The van der Waals surface area contributed by atoms with Crippen molar-refractivity contribution < 1.29 is 9.59 Å². The molecule has 0 spiro atoms. The minimum absolute atomic E-state index is 0.00460. The van der Waals surface area contributed by atoms with Crippen molar-refractivity contribution in [3.05, 3.63) is 59.9 Å². The third-order valence-corrected chi connectivity index (χ3v) is 4.94. The normalized spacial score (nSPS) is 14.9. The first-order valence-corrected chi connectivity index (χ1v) is 9.17. The summed E-state index contributed by atoms with van der Waals surface area (Å²) in [4.78, 5) is 33.2. The van der Waals surface area contributed by atoms with Crippen LogP contribution >= 0.6 is 0 Å². The van der Waals surface area contributed by atoms with Crippen molar-refractivity contribution in [2.75, 3.05) is 24.5 Å². The molecule has 1 saturated heterocycles. The van der Waals surface area contributed by atoms with Crippen LogP contribution in [0.3, 0.4) is 0 Å². The molecule has 136 valence electrons. The lowest BCUT2D eigenvalue weighted by Crippen LogP contribution is -2.44.